The van der Waals surface area contributed by atoms with E-state index >= 15 is 0 Å². The van der Waals surface area contributed by atoms with E-state index in [0.29, 0.717) is 42.7 Å². The first-order valence-corrected chi connectivity index (χ1v) is 22.8. The van der Waals surface area contributed by atoms with Gasteiger partial charge in [0, 0.05) is 71.4 Å². The summed E-state index contributed by atoms with van der Waals surface area (Å²) < 4.78 is 19.4. The highest BCUT2D eigenvalue weighted by Crippen LogP contribution is 2.52. The summed E-state index contributed by atoms with van der Waals surface area (Å²) >= 11 is 0. The van der Waals surface area contributed by atoms with E-state index in [2.05, 4.69) is 75.8 Å². The van der Waals surface area contributed by atoms with Crippen LogP contribution in [-0.2, 0) is 32.7 Å². The number of phenols is 1. The van der Waals surface area contributed by atoms with Crippen molar-refractivity contribution < 1.29 is 33.7 Å². The van der Waals surface area contributed by atoms with Crippen molar-refractivity contribution in [3.8, 4) is 17.2 Å². The molecule has 0 saturated carbocycles. The molecule has 4 aromatic rings. The van der Waals surface area contributed by atoms with E-state index in [4.69, 9.17) is 14.2 Å². The fourth-order valence-electron chi connectivity index (χ4n) is 12.4. The Bertz CT molecular complexity index is 2420. The number of rotatable bonds is 7. The number of hydrogen-bond acceptors (Lipinski definition) is 9. The maximum Gasteiger partial charge on any atom is 0.255 e. The number of aromatic hydroxyl groups is 1. The van der Waals surface area contributed by atoms with Gasteiger partial charge in [-0.3, -0.25) is 19.7 Å². The smallest absolute Gasteiger partial charge is 0.255 e. The molecule has 2 N–H and O–H groups in total. The van der Waals surface area contributed by atoms with E-state index in [-0.39, 0.29) is 35.2 Å². The van der Waals surface area contributed by atoms with Crippen molar-refractivity contribution in [2.45, 2.75) is 93.2 Å². The number of ether oxygens (including phenoxy) is 3. The third-order valence-corrected chi connectivity index (χ3v) is 15.8. The van der Waals surface area contributed by atoms with Gasteiger partial charge in [0.15, 0.2) is 0 Å². The Hall–Kier alpha value is -5.39. The van der Waals surface area contributed by atoms with Crippen molar-refractivity contribution in [2.24, 2.45) is 5.92 Å². The maximum absolute atomic E-state index is 13.4. The molecule has 0 radical (unpaired) electrons. The Labute approximate surface area is 363 Å². The molecule has 62 heavy (non-hydrogen) atoms. The van der Waals surface area contributed by atoms with Crippen molar-refractivity contribution in [1.29, 1.82) is 0 Å². The van der Waals surface area contributed by atoms with Gasteiger partial charge in [0.05, 0.1) is 32.5 Å². The molecule has 322 valence electrons. The molecule has 6 heterocycles. The van der Waals surface area contributed by atoms with Crippen molar-refractivity contribution in [1.82, 2.24) is 15.1 Å². The van der Waals surface area contributed by atoms with Gasteiger partial charge >= 0.3 is 0 Å². The molecule has 7 aliphatic rings. The van der Waals surface area contributed by atoms with Gasteiger partial charge in [-0.2, -0.15) is 0 Å². The van der Waals surface area contributed by atoms with Gasteiger partial charge in [0.25, 0.3) is 5.91 Å². The van der Waals surface area contributed by atoms with Crippen LogP contribution in [0.3, 0.4) is 0 Å². The first-order valence-electron chi connectivity index (χ1n) is 22.8. The Morgan fingerprint density at radius 2 is 1.68 bits per heavy atom. The average molecular weight is 837 g/mol. The fraction of sp³-hybridized carbons (Fsp3) is 0.471. The quantitative estimate of drug-likeness (QED) is 0.193. The number of hydrogen-bond donors (Lipinski definition) is 2. The van der Waals surface area contributed by atoms with Crippen LogP contribution in [0.4, 0.5) is 5.69 Å². The number of phenolic OH excluding ortho intramolecular Hbond substituents is 1. The number of nitrogens with one attached hydrogen (secondary N) is 1. The lowest BCUT2D eigenvalue weighted by Gasteiger charge is -2.41. The molecule has 1 unspecified atom stereocenters. The molecule has 4 saturated heterocycles. The molecule has 11 nitrogen and oxygen atoms in total. The summed E-state index contributed by atoms with van der Waals surface area (Å²) in [6.45, 7) is 6.69. The van der Waals surface area contributed by atoms with Gasteiger partial charge in [-0.1, -0.05) is 48.5 Å². The van der Waals surface area contributed by atoms with E-state index < -0.39 is 11.9 Å². The Morgan fingerprint density at radius 1 is 0.871 bits per heavy atom. The minimum Gasteiger partial charge on any atom is -0.508 e. The van der Waals surface area contributed by atoms with Crippen LogP contribution >= 0.6 is 0 Å². The highest BCUT2D eigenvalue weighted by atomic mass is 16.5. The number of fused-ring (bicyclic) bond motifs is 5. The molecule has 0 aromatic heterocycles. The molecular weight excluding hydrogens is 781 g/mol. The van der Waals surface area contributed by atoms with E-state index in [9.17, 15) is 19.5 Å². The Kier molecular flexibility index (Phi) is 9.83. The predicted octanol–water partition coefficient (Wildman–Crippen LogP) is 6.83. The van der Waals surface area contributed by atoms with Gasteiger partial charge in [-0.05, 0) is 117 Å². The molecule has 4 aromatic carbocycles. The molecule has 2 spiro atoms. The predicted molar refractivity (Wildman–Crippen MR) is 234 cm³/mol. The molecule has 3 amide bonds. The van der Waals surface area contributed by atoms with Crippen LogP contribution in [-0.4, -0.2) is 97.3 Å². The average Bonchev–Trinajstić information content (AvgIpc) is 3.97. The number of carbonyl (C=O) groups is 3. The standard InChI is InChI=1S/C51H56N4O7/c1-60-44-26-35(8-11-40(44)46-37(33-5-3-2-4-6-33)10-7-34-25-36(56)9-12-38(34)46)54-23-19-51(20-24-54)27-32(30-62-51)28-53-21-17-50(18-22-53)31-61-47-41-29-55(43-15-16-45(57)52-48(43)58)49(59)39(41)13-14-42(47)50/h2-6,8-9,11-14,25-26,32,37,43,46,56H,7,10,15-24,27-31H2,1H3,(H,52,57,58)/t32?,37-,43-,46+/m0/s1. The lowest BCUT2D eigenvalue weighted by atomic mass is 9.69. The van der Waals surface area contributed by atoms with Crippen LogP contribution in [0, 0.1) is 5.92 Å². The van der Waals surface area contributed by atoms with Crippen LogP contribution in [0.1, 0.15) is 107 Å². The number of piperidine rings is 3. The summed E-state index contributed by atoms with van der Waals surface area (Å²) in [7, 11) is 1.79. The van der Waals surface area contributed by atoms with E-state index in [1.807, 2.05) is 18.2 Å². The van der Waals surface area contributed by atoms with Gasteiger partial charge in [0.1, 0.15) is 23.3 Å². The van der Waals surface area contributed by atoms with Crippen LogP contribution in [0.2, 0.25) is 0 Å². The van der Waals surface area contributed by atoms with E-state index in [1.165, 1.54) is 33.5 Å². The third kappa shape index (κ3) is 6.74. The molecular formula is C51H56N4O7. The number of amides is 3. The summed E-state index contributed by atoms with van der Waals surface area (Å²) in [5, 5.41) is 12.7. The summed E-state index contributed by atoms with van der Waals surface area (Å²) in [5.41, 5.74) is 8.77. The second-order valence-corrected chi connectivity index (χ2v) is 19.1. The highest BCUT2D eigenvalue weighted by Gasteiger charge is 2.49. The highest BCUT2D eigenvalue weighted by molar-refractivity contribution is 6.05. The maximum atomic E-state index is 13.4. The number of methoxy groups -OCH3 is 1. The largest absolute Gasteiger partial charge is 0.508 e. The minimum atomic E-state index is -0.632. The Balaban J connectivity index is 0.714. The Morgan fingerprint density at radius 3 is 2.47 bits per heavy atom. The number of aryl methyl sites for hydroxylation is 1. The molecule has 0 bridgehead atoms. The van der Waals surface area contributed by atoms with Gasteiger partial charge < -0.3 is 34.0 Å². The van der Waals surface area contributed by atoms with Gasteiger partial charge in [-0.25, -0.2) is 0 Å². The first-order chi connectivity index (χ1) is 30.2. The third-order valence-electron chi connectivity index (χ3n) is 15.8. The summed E-state index contributed by atoms with van der Waals surface area (Å²) in [6.07, 6.45) is 7.66. The van der Waals surface area contributed by atoms with Crippen LogP contribution in [0.15, 0.2) is 78.9 Å². The van der Waals surface area contributed by atoms with E-state index in [1.54, 1.807) is 12.0 Å². The topological polar surface area (TPSA) is 121 Å². The van der Waals surface area contributed by atoms with Crippen molar-refractivity contribution in [3.63, 3.8) is 0 Å². The van der Waals surface area contributed by atoms with Crippen molar-refractivity contribution >= 4 is 23.4 Å². The van der Waals surface area contributed by atoms with Gasteiger partial charge in [0.2, 0.25) is 11.8 Å². The summed E-state index contributed by atoms with van der Waals surface area (Å²) in [6, 6.07) is 26.9. The van der Waals surface area contributed by atoms with Crippen LogP contribution in [0.5, 0.6) is 17.2 Å². The number of likely N-dealkylation sites (tertiary alicyclic amines) is 1. The molecule has 1 aliphatic carbocycles. The zero-order valence-corrected chi connectivity index (χ0v) is 35.6. The number of anilines is 1. The molecule has 4 fully saturated rings. The van der Waals surface area contributed by atoms with Gasteiger partial charge in [-0.15, -0.1) is 0 Å². The first kappa shape index (κ1) is 39.5. The number of nitrogens with zero attached hydrogens (tertiary/aromatic N) is 3. The summed E-state index contributed by atoms with van der Waals surface area (Å²) in [4.78, 5) is 44.6. The molecule has 11 rings (SSSR count). The number of benzene rings is 4. The SMILES string of the molecule is COc1cc(N2CCC3(CC2)CC(CN2CCC4(CC2)COc2c4ccc4c2CN([C@H]2CCC(=O)NC2=O)C4=O)CO3)ccc1[C@H]1c2ccc(O)cc2CC[C@H]1c1ccccc1. The zero-order chi connectivity index (χ0) is 42.2. The number of carbonyl (C=O) groups excluding carboxylic acids is 3. The lowest BCUT2D eigenvalue weighted by Crippen LogP contribution is -2.52. The molecule has 6 aliphatic heterocycles. The lowest BCUT2D eigenvalue weighted by molar-refractivity contribution is -0.136. The molecule has 4 atom stereocenters. The summed E-state index contributed by atoms with van der Waals surface area (Å²) in [5.74, 6) is 2.18. The monoisotopic (exact) mass is 836 g/mol. The fourth-order valence-corrected chi connectivity index (χ4v) is 12.4. The second kappa shape index (κ2) is 15.4. The zero-order valence-electron chi connectivity index (χ0n) is 35.6. The number of imide groups is 1. The van der Waals surface area contributed by atoms with Crippen LogP contribution < -0.4 is 19.7 Å². The van der Waals surface area contributed by atoms with E-state index in [0.717, 1.165) is 101 Å². The van der Waals surface area contributed by atoms with Crippen LogP contribution in [0.25, 0.3) is 0 Å². The second-order valence-electron chi connectivity index (χ2n) is 19.1. The molecule has 11 heteroatoms. The normalized spacial score (nSPS) is 26.3. The minimum absolute atomic E-state index is 0.0679. The van der Waals surface area contributed by atoms with Crippen molar-refractivity contribution in [2.75, 3.05) is 57.9 Å². The van der Waals surface area contributed by atoms with Crippen molar-refractivity contribution in [3.05, 3.63) is 118 Å².